The van der Waals surface area contributed by atoms with Gasteiger partial charge < -0.3 is 24.6 Å². The third-order valence-corrected chi connectivity index (χ3v) is 6.40. The first-order valence-corrected chi connectivity index (χ1v) is 11.7. The van der Waals surface area contributed by atoms with Crippen molar-refractivity contribution >= 4 is 5.91 Å². The van der Waals surface area contributed by atoms with Crippen LogP contribution < -0.4 is 10.1 Å². The number of nitrogens with zero attached hydrogens (tertiary/aromatic N) is 1. The summed E-state index contributed by atoms with van der Waals surface area (Å²) in [7, 11) is 1.63. The van der Waals surface area contributed by atoms with Crippen LogP contribution in [0.1, 0.15) is 30.4 Å². The smallest absolute Gasteiger partial charge is 0.222 e. The molecule has 2 aromatic rings. The number of carbonyl (C=O) groups is 1. The van der Waals surface area contributed by atoms with Gasteiger partial charge in [-0.1, -0.05) is 48.5 Å². The van der Waals surface area contributed by atoms with Crippen molar-refractivity contribution in [3.05, 3.63) is 65.7 Å². The monoisotopic (exact) mass is 454 g/mol. The number of para-hydroxylation sites is 1. The highest BCUT2D eigenvalue weighted by atomic mass is 16.5. The first-order valence-electron chi connectivity index (χ1n) is 11.7. The second kappa shape index (κ2) is 11.6. The summed E-state index contributed by atoms with van der Waals surface area (Å²) in [5.74, 6) is 0.731. The molecule has 178 valence electrons. The topological polar surface area (TPSA) is 80.3 Å². The lowest BCUT2D eigenvalue weighted by molar-refractivity contribution is -0.158. The number of benzene rings is 2. The van der Waals surface area contributed by atoms with E-state index in [9.17, 15) is 9.90 Å². The zero-order chi connectivity index (χ0) is 23.0. The fourth-order valence-electron chi connectivity index (χ4n) is 4.77. The van der Waals surface area contributed by atoms with E-state index in [0.29, 0.717) is 32.7 Å². The molecule has 0 spiro atoms. The van der Waals surface area contributed by atoms with E-state index in [1.165, 1.54) is 5.56 Å². The van der Waals surface area contributed by atoms with Crippen molar-refractivity contribution in [1.29, 1.82) is 0 Å². The number of rotatable bonds is 7. The Morgan fingerprint density at radius 1 is 1.12 bits per heavy atom. The van der Waals surface area contributed by atoms with Crippen molar-refractivity contribution in [2.24, 2.45) is 0 Å². The number of aliphatic hydroxyl groups excluding tert-OH is 1. The Morgan fingerprint density at radius 2 is 1.91 bits per heavy atom. The number of methoxy groups -OCH3 is 1. The molecule has 0 aliphatic carbocycles. The standard InChI is InChI=1S/C26H34N2O5/c1-31-24-10-6-5-9-20(24)14-27-26(30)13-22-11-12-23-25(33-22)18-32-17-21(29)16-28(23)15-19-7-3-2-4-8-19/h2-10,21-23,25,29H,11-18H2,1H3,(H,27,30)/t21-,22-,23+,25-/m1/s1. The van der Waals surface area contributed by atoms with Crippen molar-refractivity contribution in [3.8, 4) is 5.75 Å². The maximum atomic E-state index is 12.6. The number of fused-ring (bicyclic) bond motifs is 1. The SMILES string of the molecule is COc1ccccc1CNC(=O)C[C@H]1CC[C@H]2[C@@H](COC[C@H](O)CN2Cc2ccccc2)O1. The van der Waals surface area contributed by atoms with Crippen LogP contribution in [0.4, 0.5) is 0 Å². The molecule has 2 saturated heterocycles. The van der Waals surface area contributed by atoms with Gasteiger partial charge in [-0.2, -0.15) is 0 Å². The molecule has 2 aromatic carbocycles. The molecule has 0 radical (unpaired) electrons. The average molecular weight is 455 g/mol. The summed E-state index contributed by atoms with van der Waals surface area (Å²) in [6, 6.07) is 18.1. The lowest BCUT2D eigenvalue weighted by Crippen LogP contribution is -2.55. The molecule has 0 aromatic heterocycles. The minimum Gasteiger partial charge on any atom is -0.496 e. The van der Waals surface area contributed by atoms with Crippen molar-refractivity contribution in [2.75, 3.05) is 26.9 Å². The van der Waals surface area contributed by atoms with Gasteiger partial charge in [0.05, 0.1) is 45.1 Å². The lowest BCUT2D eigenvalue weighted by atomic mass is 9.94. The molecule has 0 bridgehead atoms. The van der Waals surface area contributed by atoms with Gasteiger partial charge >= 0.3 is 0 Å². The highest BCUT2D eigenvalue weighted by molar-refractivity contribution is 5.76. The van der Waals surface area contributed by atoms with Gasteiger partial charge in [0.15, 0.2) is 0 Å². The van der Waals surface area contributed by atoms with Crippen LogP contribution in [0.2, 0.25) is 0 Å². The average Bonchev–Trinajstić information content (AvgIpc) is 2.82. The first-order chi connectivity index (χ1) is 16.1. The highest BCUT2D eigenvalue weighted by Crippen LogP contribution is 2.29. The van der Waals surface area contributed by atoms with Crippen LogP contribution in [0.25, 0.3) is 0 Å². The van der Waals surface area contributed by atoms with Crippen molar-refractivity contribution in [1.82, 2.24) is 10.2 Å². The number of hydrogen-bond donors (Lipinski definition) is 2. The fraction of sp³-hybridized carbons (Fsp3) is 0.500. The summed E-state index contributed by atoms with van der Waals surface area (Å²) in [5, 5.41) is 13.3. The molecule has 33 heavy (non-hydrogen) atoms. The molecule has 2 aliphatic rings. The summed E-state index contributed by atoms with van der Waals surface area (Å²) in [4.78, 5) is 14.9. The number of hydrogen-bond acceptors (Lipinski definition) is 6. The Kier molecular flexibility index (Phi) is 8.34. The van der Waals surface area contributed by atoms with Crippen LogP contribution in [-0.2, 0) is 27.4 Å². The van der Waals surface area contributed by atoms with Crippen molar-refractivity contribution < 1.29 is 24.1 Å². The Bertz CT molecular complexity index is 893. The molecular weight excluding hydrogens is 420 g/mol. The number of aliphatic hydroxyl groups is 1. The quantitative estimate of drug-likeness (QED) is 0.669. The predicted octanol–water partition coefficient (Wildman–Crippen LogP) is 2.51. The normalized spacial score (nSPS) is 26.0. The number of nitrogens with one attached hydrogen (secondary N) is 1. The maximum Gasteiger partial charge on any atom is 0.222 e. The van der Waals surface area contributed by atoms with Gasteiger partial charge in [0.2, 0.25) is 5.91 Å². The molecule has 2 heterocycles. The number of carbonyl (C=O) groups excluding carboxylic acids is 1. The molecular formula is C26H34N2O5. The zero-order valence-electron chi connectivity index (χ0n) is 19.2. The van der Waals surface area contributed by atoms with Gasteiger partial charge in [0.25, 0.3) is 0 Å². The molecule has 4 atom stereocenters. The minimum atomic E-state index is -0.520. The Hall–Kier alpha value is -2.45. The Balaban J connectivity index is 1.34. The molecule has 0 unspecified atom stereocenters. The van der Waals surface area contributed by atoms with Crippen LogP contribution in [0.3, 0.4) is 0 Å². The molecule has 7 nitrogen and oxygen atoms in total. The lowest BCUT2D eigenvalue weighted by Gasteiger charge is -2.44. The molecule has 4 rings (SSSR count). The molecule has 1 amide bonds. The summed E-state index contributed by atoms with van der Waals surface area (Å²) in [5.41, 5.74) is 2.16. The van der Waals surface area contributed by atoms with Crippen LogP contribution in [-0.4, -0.2) is 67.1 Å². The van der Waals surface area contributed by atoms with E-state index in [4.69, 9.17) is 14.2 Å². The second-order valence-corrected chi connectivity index (χ2v) is 8.84. The number of ether oxygens (including phenoxy) is 3. The van der Waals surface area contributed by atoms with E-state index in [-0.39, 0.29) is 24.2 Å². The van der Waals surface area contributed by atoms with E-state index in [1.54, 1.807) is 7.11 Å². The Labute approximate surface area is 195 Å². The molecule has 7 heteroatoms. The fourth-order valence-corrected chi connectivity index (χ4v) is 4.77. The molecule has 2 N–H and O–H groups in total. The summed E-state index contributed by atoms with van der Waals surface area (Å²) in [6.45, 7) is 2.44. The van der Waals surface area contributed by atoms with E-state index >= 15 is 0 Å². The second-order valence-electron chi connectivity index (χ2n) is 8.84. The Morgan fingerprint density at radius 3 is 2.73 bits per heavy atom. The zero-order valence-corrected chi connectivity index (χ0v) is 19.2. The number of β-amino-alcohol motifs (C(OH)–C–C–N with tert-alkyl or cyclic N) is 1. The van der Waals surface area contributed by atoms with E-state index in [0.717, 1.165) is 30.7 Å². The largest absolute Gasteiger partial charge is 0.496 e. The van der Waals surface area contributed by atoms with Gasteiger partial charge in [-0.25, -0.2) is 0 Å². The summed E-state index contributed by atoms with van der Waals surface area (Å²) >= 11 is 0. The van der Waals surface area contributed by atoms with E-state index in [1.807, 2.05) is 42.5 Å². The van der Waals surface area contributed by atoms with Gasteiger partial charge in [0.1, 0.15) is 5.75 Å². The van der Waals surface area contributed by atoms with Gasteiger partial charge in [-0.3, -0.25) is 9.69 Å². The highest BCUT2D eigenvalue weighted by Gasteiger charge is 2.38. The van der Waals surface area contributed by atoms with Crippen LogP contribution in [0.5, 0.6) is 5.75 Å². The van der Waals surface area contributed by atoms with Crippen LogP contribution in [0.15, 0.2) is 54.6 Å². The molecule has 2 fully saturated rings. The number of amides is 1. The molecule has 2 aliphatic heterocycles. The van der Waals surface area contributed by atoms with Gasteiger partial charge in [-0.05, 0) is 24.5 Å². The minimum absolute atomic E-state index is 0.0346. The third-order valence-electron chi connectivity index (χ3n) is 6.40. The van der Waals surface area contributed by atoms with Crippen molar-refractivity contribution in [3.63, 3.8) is 0 Å². The van der Waals surface area contributed by atoms with E-state index < -0.39 is 6.10 Å². The van der Waals surface area contributed by atoms with Crippen LogP contribution >= 0.6 is 0 Å². The van der Waals surface area contributed by atoms with Crippen molar-refractivity contribution in [2.45, 2.75) is 56.7 Å². The van der Waals surface area contributed by atoms with Gasteiger partial charge in [-0.15, -0.1) is 0 Å². The predicted molar refractivity (Wildman–Crippen MR) is 125 cm³/mol. The summed E-state index contributed by atoms with van der Waals surface area (Å²) in [6.07, 6.45) is 1.23. The van der Waals surface area contributed by atoms with Gasteiger partial charge in [0, 0.05) is 31.2 Å². The first kappa shape index (κ1) is 23.7. The summed E-state index contributed by atoms with van der Waals surface area (Å²) < 4.78 is 17.4. The van der Waals surface area contributed by atoms with E-state index in [2.05, 4.69) is 22.3 Å². The van der Waals surface area contributed by atoms with Crippen LogP contribution in [0, 0.1) is 0 Å². The molecule has 0 saturated carbocycles. The third kappa shape index (κ3) is 6.54. The maximum absolute atomic E-state index is 12.6.